The van der Waals surface area contributed by atoms with Crippen LogP contribution in [0.2, 0.25) is 0 Å². The lowest BCUT2D eigenvalue weighted by molar-refractivity contribution is 0.0955. The summed E-state index contributed by atoms with van der Waals surface area (Å²) in [6.07, 6.45) is 4.42. The highest BCUT2D eigenvalue weighted by Gasteiger charge is 2.20. The maximum absolute atomic E-state index is 12.6. The van der Waals surface area contributed by atoms with Crippen molar-refractivity contribution in [3.8, 4) is 5.75 Å². The number of likely N-dealkylation sites (tertiary alicyclic amines) is 1. The van der Waals surface area contributed by atoms with Crippen molar-refractivity contribution >= 4 is 5.78 Å². The highest BCUT2D eigenvalue weighted by molar-refractivity contribution is 5.99. The number of carbonyl (C=O) groups is 1. The minimum absolute atomic E-state index is 0.0359. The Kier molecular flexibility index (Phi) is 5.63. The summed E-state index contributed by atoms with van der Waals surface area (Å²) in [6, 6.07) is 5.99. The molecule has 1 fully saturated rings. The molecule has 1 aliphatic heterocycles. The molecular weight excluding hydrogens is 274 g/mol. The van der Waals surface area contributed by atoms with Gasteiger partial charge in [0.1, 0.15) is 5.75 Å². The summed E-state index contributed by atoms with van der Waals surface area (Å²) in [4.78, 5) is 15.0. The Morgan fingerprint density at radius 3 is 2.45 bits per heavy atom. The van der Waals surface area contributed by atoms with Crippen molar-refractivity contribution < 1.29 is 9.53 Å². The second-order valence-electron chi connectivity index (χ2n) is 7.24. The summed E-state index contributed by atoms with van der Waals surface area (Å²) in [5.41, 5.74) is 1.94. The average molecular weight is 303 g/mol. The molecule has 1 aromatic carbocycles. The number of hydrogen-bond donors (Lipinski definition) is 0. The van der Waals surface area contributed by atoms with E-state index in [0.29, 0.717) is 12.2 Å². The van der Waals surface area contributed by atoms with Gasteiger partial charge in [0, 0.05) is 13.0 Å². The minimum Gasteiger partial charge on any atom is -0.496 e. The molecule has 22 heavy (non-hydrogen) atoms. The zero-order valence-corrected chi connectivity index (χ0v) is 14.4. The van der Waals surface area contributed by atoms with Crippen LogP contribution in [0.5, 0.6) is 5.75 Å². The van der Waals surface area contributed by atoms with Crippen LogP contribution in [0.3, 0.4) is 0 Å². The molecule has 0 unspecified atom stereocenters. The maximum Gasteiger partial charge on any atom is 0.167 e. The Balaban J connectivity index is 2.09. The van der Waals surface area contributed by atoms with Crippen LogP contribution in [0.4, 0.5) is 0 Å². The van der Waals surface area contributed by atoms with Crippen molar-refractivity contribution in [2.45, 2.75) is 51.9 Å². The van der Waals surface area contributed by atoms with Gasteiger partial charge in [-0.05, 0) is 49.0 Å². The third-order valence-corrected chi connectivity index (χ3v) is 4.47. The molecule has 3 heteroatoms. The van der Waals surface area contributed by atoms with E-state index in [1.807, 2.05) is 12.1 Å². The molecule has 0 spiro atoms. The lowest BCUT2D eigenvalue weighted by Crippen LogP contribution is -2.31. The Bertz CT molecular complexity index is 511. The SMILES string of the molecule is COc1ccc(C(C)(C)C)cc1C(=O)CCN1CCCCC1. The first-order chi connectivity index (χ1) is 10.4. The maximum atomic E-state index is 12.6. The number of Topliss-reactive ketones (excluding diaryl/α,β-unsaturated/α-hetero) is 1. The summed E-state index contributed by atoms with van der Waals surface area (Å²) in [5, 5.41) is 0. The molecule has 1 saturated heterocycles. The topological polar surface area (TPSA) is 29.5 Å². The van der Waals surface area contributed by atoms with Crippen molar-refractivity contribution in [1.29, 1.82) is 0 Å². The normalized spacial score (nSPS) is 16.5. The third kappa shape index (κ3) is 4.33. The summed E-state index contributed by atoms with van der Waals surface area (Å²) >= 11 is 0. The van der Waals surface area contributed by atoms with Gasteiger partial charge < -0.3 is 9.64 Å². The largest absolute Gasteiger partial charge is 0.496 e. The van der Waals surface area contributed by atoms with Crippen LogP contribution in [-0.2, 0) is 5.41 Å². The Morgan fingerprint density at radius 1 is 1.18 bits per heavy atom. The third-order valence-electron chi connectivity index (χ3n) is 4.47. The molecule has 0 aromatic heterocycles. The van der Waals surface area contributed by atoms with Crippen molar-refractivity contribution in [2.75, 3.05) is 26.7 Å². The van der Waals surface area contributed by atoms with Gasteiger partial charge in [-0.25, -0.2) is 0 Å². The zero-order chi connectivity index (χ0) is 16.2. The number of carbonyl (C=O) groups excluding carboxylic acids is 1. The molecule has 0 bridgehead atoms. The molecule has 2 rings (SSSR count). The summed E-state index contributed by atoms with van der Waals surface area (Å²) in [6.45, 7) is 9.62. The van der Waals surface area contributed by atoms with Gasteiger partial charge in [-0.15, -0.1) is 0 Å². The fourth-order valence-electron chi connectivity index (χ4n) is 2.97. The molecule has 0 radical (unpaired) electrons. The smallest absolute Gasteiger partial charge is 0.167 e. The van der Waals surface area contributed by atoms with Gasteiger partial charge in [0.05, 0.1) is 12.7 Å². The van der Waals surface area contributed by atoms with E-state index >= 15 is 0 Å². The summed E-state index contributed by atoms with van der Waals surface area (Å²) < 4.78 is 5.39. The second kappa shape index (κ2) is 7.28. The molecule has 1 aliphatic rings. The van der Waals surface area contributed by atoms with E-state index in [0.717, 1.165) is 25.2 Å². The first kappa shape index (κ1) is 17.0. The first-order valence-electron chi connectivity index (χ1n) is 8.36. The fraction of sp³-hybridized carbons (Fsp3) is 0.632. The average Bonchev–Trinajstić information content (AvgIpc) is 2.52. The van der Waals surface area contributed by atoms with E-state index in [4.69, 9.17) is 4.74 Å². The minimum atomic E-state index is 0.0359. The van der Waals surface area contributed by atoms with Crippen LogP contribution in [0, 0.1) is 0 Å². The summed E-state index contributed by atoms with van der Waals surface area (Å²) in [7, 11) is 1.63. The van der Waals surface area contributed by atoms with Crippen molar-refractivity contribution in [2.24, 2.45) is 0 Å². The number of hydrogen-bond acceptors (Lipinski definition) is 3. The van der Waals surface area contributed by atoms with Gasteiger partial charge in [0.15, 0.2) is 5.78 Å². The van der Waals surface area contributed by atoms with Gasteiger partial charge in [0.2, 0.25) is 0 Å². The zero-order valence-electron chi connectivity index (χ0n) is 14.4. The Hall–Kier alpha value is -1.35. The quantitative estimate of drug-likeness (QED) is 0.769. The number of nitrogens with zero attached hydrogens (tertiary/aromatic N) is 1. The fourth-order valence-corrected chi connectivity index (χ4v) is 2.97. The first-order valence-corrected chi connectivity index (χ1v) is 8.36. The number of benzene rings is 1. The van der Waals surface area contributed by atoms with E-state index < -0.39 is 0 Å². The molecule has 1 aromatic rings. The van der Waals surface area contributed by atoms with E-state index in [2.05, 4.69) is 31.7 Å². The van der Waals surface area contributed by atoms with Crippen LogP contribution >= 0.6 is 0 Å². The molecule has 3 nitrogen and oxygen atoms in total. The molecule has 0 N–H and O–H groups in total. The van der Waals surface area contributed by atoms with Gasteiger partial charge in [-0.3, -0.25) is 4.79 Å². The van der Waals surface area contributed by atoms with Crippen molar-refractivity contribution in [3.63, 3.8) is 0 Å². The highest BCUT2D eigenvalue weighted by atomic mass is 16.5. The second-order valence-corrected chi connectivity index (χ2v) is 7.24. The van der Waals surface area contributed by atoms with Gasteiger partial charge in [-0.2, -0.15) is 0 Å². The number of ether oxygens (including phenoxy) is 1. The van der Waals surface area contributed by atoms with Gasteiger partial charge in [0.25, 0.3) is 0 Å². The number of piperidine rings is 1. The molecule has 122 valence electrons. The van der Waals surface area contributed by atoms with E-state index in [1.165, 1.54) is 24.8 Å². The predicted octanol–water partition coefficient (Wildman–Crippen LogP) is 4.05. The Labute approximate surface area is 134 Å². The van der Waals surface area contributed by atoms with E-state index in [9.17, 15) is 4.79 Å². The molecule has 0 amide bonds. The summed E-state index contributed by atoms with van der Waals surface area (Å²) in [5.74, 6) is 0.880. The van der Waals surface area contributed by atoms with Crippen LogP contribution in [-0.4, -0.2) is 37.4 Å². The standard InChI is InChI=1S/C19H29NO2/c1-19(2,3)15-8-9-18(22-4)16(14-15)17(21)10-13-20-11-6-5-7-12-20/h8-9,14H,5-7,10-13H2,1-4H3. The van der Waals surface area contributed by atoms with Gasteiger partial charge >= 0.3 is 0 Å². The number of methoxy groups -OCH3 is 1. The molecule has 0 aliphatic carbocycles. The van der Waals surface area contributed by atoms with Crippen LogP contribution < -0.4 is 4.74 Å². The lowest BCUT2D eigenvalue weighted by Gasteiger charge is -2.26. The van der Waals surface area contributed by atoms with Crippen LogP contribution in [0.1, 0.15) is 62.4 Å². The number of ketones is 1. The predicted molar refractivity (Wildman–Crippen MR) is 90.9 cm³/mol. The molecule has 1 heterocycles. The van der Waals surface area contributed by atoms with Crippen molar-refractivity contribution in [1.82, 2.24) is 4.90 Å². The lowest BCUT2D eigenvalue weighted by atomic mass is 9.85. The molecule has 0 atom stereocenters. The van der Waals surface area contributed by atoms with Gasteiger partial charge in [-0.1, -0.05) is 33.3 Å². The van der Waals surface area contributed by atoms with E-state index in [-0.39, 0.29) is 11.2 Å². The molecule has 0 saturated carbocycles. The molecular formula is C19H29NO2. The van der Waals surface area contributed by atoms with Crippen molar-refractivity contribution in [3.05, 3.63) is 29.3 Å². The highest BCUT2D eigenvalue weighted by Crippen LogP contribution is 2.28. The monoisotopic (exact) mass is 303 g/mol. The van der Waals surface area contributed by atoms with Crippen LogP contribution in [0.25, 0.3) is 0 Å². The number of rotatable bonds is 5. The van der Waals surface area contributed by atoms with E-state index in [1.54, 1.807) is 7.11 Å². The van der Waals surface area contributed by atoms with Crippen LogP contribution in [0.15, 0.2) is 18.2 Å². The Morgan fingerprint density at radius 2 is 1.86 bits per heavy atom.